The average Bonchev–Trinajstić information content (AvgIpc) is 2.76. The monoisotopic (exact) mass is 388 g/mol. The third-order valence-electron chi connectivity index (χ3n) is 5.89. The first kappa shape index (κ1) is 21.0. The quantitative estimate of drug-likeness (QED) is 0.285. The Hall–Kier alpha value is -2.74. The van der Waals surface area contributed by atoms with Crippen LogP contribution in [-0.4, -0.2) is 10.2 Å². The number of aromatic hydroxyl groups is 2. The van der Waals surface area contributed by atoms with Crippen LogP contribution in [0.1, 0.15) is 68.6 Å². The molecule has 3 aromatic carbocycles. The van der Waals surface area contributed by atoms with Crippen LogP contribution in [0.5, 0.6) is 11.5 Å². The summed E-state index contributed by atoms with van der Waals surface area (Å²) in [6.45, 7) is 2.25. The first-order chi connectivity index (χ1) is 14.2. The van der Waals surface area contributed by atoms with Crippen molar-refractivity contribution in [2.75, 3.05) is 0 Å². The summed E-state index contributed by atoms with van der Waals surface area (Å²) in [6, 6.07) is 25.8. The highest BCUT2D eigenvalue weighted by Gasteiger charge is 2.35. The molecule has 3 rings (SSSR count). The molecule has 152 valence electrons. The van der Waals surface area contributed by atoms with E-state index in [-0.39, 0.29) is 16.9 Å². The molecule has 0 aliphatic carbocycles. The Morgan fingerprint density at radius 2 is 1.00 bits per heavy atom. The summed E-state index contributed by atoms with van der Waals surface area (Å²) in [7, 11) is 0. The van der Waals surface area contributed by atoms with Gasteiger partial charge in [-0.25, -0.2) is 0 Å². The molecule has 0 spiro atoms. The van der Waals surface area contributed by atoms with E-state index in [1.54, 1.807) is 24.3 Å². The van der Waals surface area contributed by atoms with Gasteiger partial charge < -0.3 is 10.2 Å². The SMILES string of the molecule is CCCCCCCCC(c1ccccc1)(c1ccc(O)cc1)c1ccc(O)cc1. The second kappa shape index (κ2) is 10.2. The molecule has 0 radical (unpaired) electrons. The van der Waals surface area contributed by atoms with Crippen molar-refractivity contribution in [3.8, 4) is 11.5 Å². The Morgan fingerprint density at radius 1 is 0.552 bits per heavy atom. The van der Waals surface area contributed by atoms with Crippen molar-refractivity contribution in [2.24, 2.45) is 0 Å². The molecule has 0 bridgehead atoms. The van der Waals surface area contributed by atoms with E-state index in [0.29, 0.717) is 0 Å². The Labute approximate surface area is 174 Å². The van der Waals surface area contributed by atoms with Crippen molar-refractivity contribution >= 4 is 0 Å². The minimum absolute atomic E-state index is 0.279. The molecule has 0 saturated carbocycles. The number of hydrogen-bond donors (Lipinski definition) is 2. The molecule has 3 aromatic rings. The molecule has 0 aliphatic heterocycles. The lowest BCUT2D eigenvalue weighted by Crippen LogP contribution is -2.29. The van der Waals surface area contributed by atoms with Gasteiger partial charge in [0, 0.05) is 5.41 Å². The van der Waals surface area contributed by atoms with Crippen molar-refractivity contribution in [3.63, 3.8) is 0 Å². The minimum atomic E-state index is -0.312. The fourth-order valence-corrected chi connectivity index (χ4v) is 4.32. The maximum absolute atomic E-state index is 9.86. The fourth-order valence-electron chi connectivity index (χ4n) is 4.32. The highest BCUT2D eigenvalue weighted by molar-refractivity contribution is 5.52. The van der Waals surface area contributed by atoms with Gasteiger partial charge in [-0.1, -0.05) is 100 Å². The fraction of sp³-hybridized carbons (Fsp3) is 0.333. The highest BCUT2D eigenvalue weighted by Crippen LogP contribution is 2.44. The summed E-state index contributed by atoms with van der Waals surface area (Å²) < 4.78 is 0. The molecule has 2 N–H and O–H groups in total. The molecule has 0 aromatic heterocycles. The third kappa shape index (κ3) is 5.00. The first-order valence-corrected chi connectivity index (χ1v) is 10.8. The molecule has 0 atom stereocenters. The lowest BCUT2D eigenvalue weighted by Gasteiger charge is -2.36. The summed E-state index contributed by atoms with van der Waals surface area (Å²) in [6.07, 6.45) is 8.45. The Balaban J connectivity index is 2.03. The van der Waals surface area contributed by atoms with Crippen LogP contribution in [0.4, 0.5) is 0 Å². The smallest absolute Gasteiger partial charge is 0.115 e. The molecule has 0 fully saturated rings. The minimum Gasteiger partial charge on any atom is -0.508 e. The van der Waals surface area contributed by atoms with Gasteiger partial charge >= 0.3 is 0 Å². The van der Waals surface area contributed by atoms with Crippen LogP contribution < -0.4 is 0 Å². The van der Waals surface area contributed by atoms with Crippen LogP contribution in [0.3, 0.4) is 0 Å². The van der Waals surface area contributed by atoms with Crippen LogP contribution >= 0.6 is 0 Å². The van der Waals surface area contributed by atoms with Crippen LogP contribution in [0.2, 0.25) is 0 Å². The second-order valence-corrected chi connectivity index (χ2v) is 7.88. The molecule has 0 aliphatic rings. The van der Waals surface area contributed by atoms with Gasteiger partial charge in [-0.05, 0) is 47.4 Å². The van der Waals surface area contributed by atoms with Crippen LogP contribution in [-0.2, 0) is 5.41 Å². The number of benzene rings is 3. The zero-order valence-electron chi connectivity index (χ0n) is 17.3. The molecule has 0 saturated heterocycles. The van der Waals surface area contributed by atoms with Crippen molar-refractivity contribution in [3.05, 3.63) is 95.6 Å². The van der Waals surface area contributed by atoms with Gasteiger partial charge in [0.1, 0.15) is 11.5 Å². The largest absolute Gasteiger partial charge is 0.508 e. The van der Waals surface area contributed by atoms with E-state index in [2.05, 4.69) is 31.2 Å². The summed E-state index contributed by atoms with van der Waals surface area (Å²) in [5.41, 5.74) is 3.26. The van der Waals surface area contributed by atoms with E-state index in [4.69, 9.17) is 0 Å². The summed E-state index contributed by atoms with van der Waals surface area (Å²) in [5.74, 6) is 0.557. The second-order valence-electron chi connectivity index (χ2n) is 7.88. The van der Waals surface area contributed by atoms with Gasteiger partial charge in [-0.2, -0.15) is 0 Å². The highest BCUT2D eigenvalue weighted by atomic mass is 16.3. The zero-order chi connectivity index (χ0) is 20.5. The molecule has 2 heteroatoms. The van der Waals surface area contributed by atoms with Crippen LogP contribution in [0.15, 0.2) is 78.9 Å². The van der Waals surface area contributed by atoms with Crippen LogP contribution in [0.25, 0.3) is 0 Å². The van der Waals surface area contributed by atoms with Gasteiger partial charge in [0.15, 0.2) is 0 Å². The topological polar surface area (TPSA) is 40.5 Å². The molecule has 0 amide bonds. The van der Waals surface area contributed by atoms with Gasteiger partial charge in [0.05, 0.1) is 0 Å². The summed E-state index contributed by atoms with van der Waals surface area (Å²) in [4.78, 5) is 0. The molecular weight excluding hydrogens is 356 g/mol. The maximum atomic E-state index is 9.86. The molecule has 0 unspecified atom stereocenters. The molecule has 2 nitrogen and oxygen atoms in total. The first-order valence-electron chi connectivity index (χ1n) is 10.8. The van der Waals surface area contributed by atoms with Crippen LogP contribution in [0, 0.1) is 0 Å². The molecule has 29 heavy (non-hydrogen) atoms. The van der Waals surface area contributed by atoms with E-state index in [0.717, 1.165) is 12.8 Å². The van der Waals surface area contributed by atoms with E-state index in [1.165, 1.54) is 48.8 Å². The molecule has 0 heterocycles. The van der Waals surface area contributed by atoms with Crippen molar-refractivity contribution < 1.29 is 10.2 Å². The lowest BCUT2D eigenvalue weighted by atomic mass is 9.66. The van der Waals surface area contributed by atoms with Crippen molar-refractivity contribution in [1.29, 1.82) is 0 Å². The third-order valence-corrected chi connectivity index (χ3v) is 5.89. The van der Waals surface area contributed by atoms with E-state index >= 15 is 0 Å². The average molecular weight is 389 g/mol. The number of hydrogen-bond acceptors (Lipinski definition) is 2. The number of unbranched alkanes of at least 4 members (excludes halogenated alkanes) is 5. The number of phenolic OH excluding ortho intramolecular Hbond substituents is 2. The maximum Gasteiger partial charge on any atom is 0.115 e. The van der Waals surface area contributed by atoms with Crippen molar-refractivity contribution in [1.82, 2.24) is 0 Å². The van der Waals surface area contributed by atoms with Gasteiger partial charge in [-0.15, -0.1) is 0 Å². The Kier molecular flexibility index (Phi) is 7.35. The zero-order valence-corrected chi connectivity index (χ0v) is 17.3. The molecular formula is C27H32O2. The van der Waals surface area contributed by atoms with Gasteiger partial charge in [-0.3, -0.25) is 0 Å². The predicted molar refractivity (Wildman–Crippen MR) is 121 cm³/mol. The number of phenols is 2. The Bertz CT molecular complexity index is 806. The van der Waals surface area contributed by atoms with E-state index < -0.39 is 0 Å². The summed E-state index contributed by atoms with van der Waals surface area (Å²) >= 11 is 0. The van der Waals surface area contributed by atoms with Crippen molar-refractivity contribution in [2.45, 2.75) is 57.3 Å². The summed E-state index contributed by atoms with van der Waals surface area (Å²) in [5, 5.41) is 19.7. The lowest BCUT2D eigenvalue weighted by molar-refractivity contribution is 0.470. The van der Waals surface area contributed by atoms with E-state index in [9.17, 15) is 10.2 Å². The standard InChI is InChI=1S/C27H32O2/c1-2-3-4-5-6-10-21-27(22-11-8-7-9-12-22,23-13-17-25(28)18-14-23)24-15-19-26(29)20-16-24/h7-9,11-20,28-29H,2-6,10,21H2,1H3. The normalized spacial score (nSPS) is 11.5. The Morgan fingerprint density at radius 3 is 1.52 bits per heavy atom. The van der Waals surface area contributed by atoms with Gasteiger partial charge in [0.2, 0.25) is 0 Å². The van der Waals surface area contributed by atoms with Gasteiger partial charge in [0.25, 0.3) is 0 Å². The van der Waals surface area contributed by atoms with E-state index in [1.807, 2.05) is 30.3 Å². The number of rotatable bonds is 10. The predicted octanol–water partition coefficient (Wildman–Crippen LogP) is 7.18.